The number of hydrogen-bond acceptors (Lipinski definition) is 4. The smallest absolute Gasteiger partial charge is 0.294 e. The molecule has 3 rings (SSSR count). The first-order chi connectivity index (χ1) is 12.0. The Kier molecular flexibility index (Phi) is 4.79. The van der Waals surface area contributed by atoms with Gasteiger partial charge in [-0.25, -0.2) is 9.67 Å². The molecule has 0 atom stereocenters. The van der Waals surface area contributed by atoms with Crippen LogP contribution >= 0.6 is 22.6 Å². The number of hydrogen-bond donors (Lipinski definition) is 1. The highest BCUT2D eigenvalue weighted by Crippen LogP contribution is 2.26. The van der Waals surface area contributed by atoms with Gasteiger partial charge in [0.25, 0.3) is 11.2 Å². The summed E-state index contributed by atoms with van der Waals surface area (Å²) >= 11 is 2.19. The van der Waals surface area contributed by atoms with E-state index in [1.54, 1.807) is 19.1 Å². The van der Waals surface area contributed by atoms with Gasteiger partial charge in [-0.15, -0.1) is 0 Å². The van der Waals surface area contributed by atoms with Gasteiger partial charge in [0.1, 0.15) is 5.69 Å². The lowest BCUT2D eigenvalue weighted by Gasteiger charge is -2.00. The second kappa shape index (κ2) is 7.01. The zero-order chi connectivity index (χ0) is 18.0. The van der Waals surface area contributed by atoms with Crippen molar-refractivity contribution in [1.82, 2.24) is 9.78 Å². The summed E-state index contributed by atoms with van der Waals surface area (Å²) < 4.78 is 2.49. The van der Waals surface area contributed by atoms with E-state index in [0.717, 1.165) is 3.57 Å². The summed E-state index contributed by atoms with van der Waals surface area (Å²) in [6.45, 7) is 1.76. The first kappa shape index (κ1) is 17.1. The molecule has 0 radical (unpaired) electrons. The van der Waals surface area contributed by atoms with Gasteiger partial charge in [0.05, 0.1) is 16.2 Å². The van der Waals surface area contributed by atoms with Gasteiger partial charge in [-0.05, 0) is 59.8 Å². The summed E-state index contributed by atoms with van der Waals surface area (Å²) in [6, 6.07) is 13.6. The summed E-state index contributed by atoms with van der Waals surface area (Å²) in [6.07, 6.45) is 1.36. The summed E-state index contributed by atoms with van der Waals surface area (Å²) in [5.41, 5.74) is 1.53. The highest BCUT2D eigenvalue weighted by atomic mass is 127. The van der Waals surface area contributed by atoms with Crippen molar-refractivity contribution in [1.29, 1.82) is 0 Å². The normalized spacial score (nSPS) is 11.1. The van der Waals surface area contributed by atoms with Gasteiger partial charge < -0.3 is 0 Å². The minimum absolute atomic E-state index is 0.107. The van der Waals surface area contributed by atoms with E-state index in [4.69, 9.17) is 0 Å². The number of nitro benzene ring substituents is 1. The van der Waals surface area contributed by atoms with E-state index >= 15 is 0 Å². The predicted octanol–water partition coefficient (Wildman–Crippen LogP) is 3.74. The number of para-hydroxylation sites is 2. The molecule has 3 aromatic rings. The standard InChI is InChI=1S/C17H13IN4O3/c1-11-14(10-19-15-4-2-3-5-16(15)22(24)25)17(23)21(20-11)13-8-6-12(18)7-9-13/h2-10,20H,1H3. The van der Waals surface area contributed by atoms with Crippen LogP contribution in [0.4, 0.5) is 11.4 Å². The molecule has 0 saturated heterocycles. The third kappa shape index (κ3) is 3.53. The molecule has 0 amide bonds. The number of aliphatic imine (C=N–C) groups is 1. The van der Waals surface area contributed by atoms with Crippen molar-refractivity contribution < 1.29 is 4.92 Å². The largest absolute Gasteiger partial charge is 0.295 e. The number of nitrogens with zero attached hydrogens (tertiary/aromatic N) is 3. The first-order valence-corrected chi connectivity index (χ1v) is 8.40. The van der Waals surface area contributed by atoms with Crippen LogP contribution in [-0.2, 0) is 0 Å². The van der Waals surface area contributed by atoms with E-state index in [0.29, 0.717) is 16.9 Å². The van der Waals surface area contributed by atoms with Crippen LogP contribution < -0.4 is 5.56 Å². The number of nitro groups is 1. The maximum Gasteiger partial charge on any atom is 0.294 e. The topological polar surface area (TPSA) is 93.3 Å². The summed E-state index contributed by atoms with van der Waals surface area (Å²) in [5.74, 6) is 0. The fourth-order valence-electron chi connectivity index (χ4n) is 2.35. The highest BCUT2D eigenvalue weighted by Gasteiger charge is 2.13. The number of nitrogens with one attached hydrogen (secondary N) is 1. The van der Waals surface area contributed by atoms with Crippen LogP contribution in [0.15, 0.2) is 58.3 Å². The quantitative estimate of drug-likeness (QED) is 0.285. The molecule has 1 heterocycles. The maximum absolute atomic E-state index is 12.6. The Morgan fingerprint density at radius 1 is 1.20 bits per heavy atom. The molecular weight excluding hydrogens is 435 g/mol. The van der Waals surface area contributed by atoms with E-state index < -0.39 is 4.92 Å². The predicted molar refractivity (Wildman–Crippen MR) is 104 cm³/mol. The molecule has 0 unspecified atom stereocenters. The average molecular weight is 448 g/mol. The van der Waals surface area contributed by atoms with Crippen LogP contribution in [0.2, 0.25) is 0 Å². The van der Waals surface area contributed by atoms with Crippen LogP contribution in [-0.4, -0.2) is 20.9 Å². The van der Waals surface area contributed by atoms with E-state index in [2.05, 4.69) is 32.7 Å². The number of aryl methyl sites for hydroxylation is 1. The van der Waals surface area contributed by atoms with E-state index in [-0.39, 0.29) is 16.9 Å². The molecular formula is C17H13IN4O3. The SMILES string of the molecule is Cc1[nH]n(-c2ccc(I)cc2)c(=O)c1C=Nc1ccccc1[N+](=O)[O-]. The molecule has 25 heavy (non-hydrogen) atoms. The average Bonchev–Trinajstić information content (AvgIpc) is 2.88. The van der Waals surface area contributed by atoms with Crippen LogP contribution in [0.5, 0.6) is 0 Å². The van der Waals surface area contributed by atoms with Crippen molar-refractivity contribution in [3.05, 3.63) is 83.8 Å². The molecule has 0 aliphatic carbocycles. The number of halogens is 1. The molecule has 0 bridgehead atoms. The second-order valence-electron chi connectivity index (χ2n) is 5.27. The van der Waals surface area contributed by atoms with Gasteiger partial charge in [0.2, 0.25) is 0 Å². The minimum atomic E-state index is -0.499. The molecule has 0 spiro atoms. The number of aromatic nitrogens is 2. The van der Waals surface area contributed by atoms with Crippen molar-refractivity contribution in [2.45, 2.75) is 6.92 Å². The lowest BCUT2D eigenvalue weighted by atomic mass is 10.2. The molecule has 1 N–H and O–H groups in total. The minimum Gasteiger partial charge on any atom is -0.295 e. The number of rotatable bonds is 4. The molecule has 0 aliphatic heterocycles. The first-order valence-electron chi connectivity index (χ1n) is 7.32. The van der Waals surface area contributed by atoms with Gasteiger partial charge in [-0.1, -0.05) is 12.1 Å². The van der Waals surface area contributed by atoms with Crippen molar-refractivity contribution in [3.8, 4) is 5.69 Å². The molecule has 2 aromatic carbocycles. The van der Waals surface area contributed by atoms with Gasteiger partial charge in [0.15, 0.2) is 0 Å². The fraction of sp³-hybridized carbons (Fsp3) is 0.0588. The molecule has 0 aliphatic rings. The van der Waals surface area contributed by atoms with Gasteiger partial charge in [-0.3, -0.25) is 20.0 Å². The Balaban J connectivity index is 2.01. The zero-order valence-electron chi connectivity index (χ0n) is 13.1. The second-order valence-corrected chi connectivity index (χ2v) is 6.52. The van der Waals surface area contributed by atoms with Crippen LogP contribution in [0, 0.1) is 20.6 Å². The molecule has 8 heteroatoms. The molecule has 0 fully saturated rings. The van der Waals surface area contributed by atoms with Crippen LogP contribution in [0.1, 0.15) is 11.3 Å². The van der Waals surface area contributed by atoms with Crippen molar-refractivity contribution in [2.24, 2.45) is 4.99 Å². The van der Waals surface area contributed by atoms with Gasteiger partial charge >= 0.3 is 0 Å². The lowest BCUT2D eigenvalue weighted by Crippen LogP contribution is -2.17. The third-order valence-electron chi connectivity index (χ3n) is 3.61. The van der Waals surface area contributed by atoms with Gasteiger partial charge in [0, 0.05) is 21.5 Å². The maximum atomic E-state index is 12.6. The van der Waals surface area contributed by atoms with Gasteiger partial charge in [-0.2, -0.15) is 0 Å². The van der Waals surface area contributed by atoms with Crippen molar-refractivity contribution >= 4 is 40.2 Å². The van der Waals surface area contributed by atoms with Crippen LogP contribution in [0.25, 0.3) is 5.69 Å². The number of benzene rings is 2. The van der Waals surface area contributed by atoms with E-state index in [9.17, 15) is 14.9 Å². The molecule has 126 valence electrons. The Morgan fingerprint density at radius 2 is 1.88 bits per heavy atom. The fourth-order valence-corrected chi connectivity index (χ4v) is 2.70. The molecule has 7 nitrogen and oxygen atoms in total. The van der Waals surface area contributed by atoms with Crippen molar-refractivity contribution in [2.75, 3.05) is 0 Å². The van der Waals surface area contributed by atoms with E-state index in [1.807, 2.05) is 24.3 Å². The monoisotopic (exact) mass is 448 g/mol. The summed E-state index contributed by atoms with van der Waals surface area (Å²) in [5, 5.41) is 14.0. The molecule has 1 aromatic heterocycles. The van der Waals surface area contributed by atoms with Crippen LogP contribution in [0.3, 0.4) is 0 Å². The highest BCUT2D eigenvalue weighted by molar-refractivity contribution is 14.1. The zero-order valence-corrected chi connectivity index (χ0v) is 15.3. The number of aromatic amines is 1. The van der Waals surface area contributed by atoms with Crippen molar-refractivity contribution in [3.63, 3.8) is 0 Å². The summed E-state index contributed by atoms with van der Waals surface area (Å²) in [7, 11) is 0. The number of H-pyrrole nitrogens is 1. The van der Waals surface area contributed by atoms with E-state index in [1.165, 1.54) is 23.0 Å². The molecule has 0 saturated carbocycles. The lowest BCUT2D eigenvalue weighted by molar-refractivity contribution is -0.384. The Morgan fingerprint density at radius 3 is 2.56 bits per heavy atom. The third-order valence-corrected chi connectivity index (χ3v) is 4.33. The summed E-state index contributed by atoms with van der Waals surface area (Å²) in [4.78, 5) is 27.3. The Bertz CT molecular complexity index is 1020. The Hall–Kier alpha value is -2.75. The Labute approximate surface area is 156 Å².